The molecule has 1 aromatic heterocycles. The van der Waals surface area contributed by atoms with Gasteiger partial charge in [-0.2, -0.15) is 0 Å². The Bertz CT molecular complexity index is 623. The van der Waals surface area contributed by atoms with E-state index in [4.69, 9.17) is 15.9 Å². The number of hydrogen-bond acceptors (Lipinski definition) is 5. The van der Waals surface area contributed by atoms with E-state index < -0.39 is 11.8 Å². The molecule has 7 nitrogen and oxygen atoms in total. The molecule has 0 aliphatic rings. The highest BCUT2D eigenvalue weighted by Gasteiger charge is 2.17. The Morgan fingerprint density at radius 2 is 2.15 bits per heavy atom. The molecular formula is C13H14N4O3. The zero-order chi connectivity index (χ0) is 14.5. The molecule has 0 bridgehead atoms. The molecule has 0 radical (unpaired) electrons. The number of benzene rings is 1. The van der Waals surface area contributed by atoms with E-state index in [0.29, 0.717) is 24.2 Å². The van der Waals surface area contributed by atoms with E-state index in [9.17, 15) is 9.59 Å². The highest BCUT2D eigenvalue weighted by molar-refractivity contribution is 6.07. The number of anilines is 1. The van der Waals surface area contributed by atoms with Gasteiger partial charge in [0.2, 0.25) is 0 Å². The molecule has 0 saturated carbocycles. The van der Waals surface area contributed by atoms with Gasteiger partial charge in [0.15, 0.2) is 0 Å². The van der Waals surface area contributed by atoms with Crippen LogP contribution in [-0.2, 0) is 6.42 Å². The predicted octanol–water partition coefficient (Wildman–Crippen LogP) is 0.527. The minimum absolute atomic E-state index is 0.0929. The lowest BCUT2D eigenvalue weighted by atomic mass is 10.0. The summed E-state index contributed by atoms with van der Waals surface area (Å²) in [5, 5.41) is 2.56. The predicted molar refractivity (Wildman–Crippen MR) is 72.2 cm³/mol. The fraction of sp³-hybridized carbons (Fsp3) is 0.154. The maximum atomic E-state index is 11.9. The number of carbonyl (C=O) groups is 2. The van der Waals surface area contributed by atoms with Crippen molar-refractivity contribution in [2.24, 2.45) is 11.5 Å². The van der Waals surface area contributed by atoms with Gasteiger partial charge in [-0.3, -0.25) is 9.59 Å². The second-order valence-electron chi connectivity index (χ2n) is 4.03. The molecule has 2 aromatic rings. The van der Waals surface area contributed by atoms with Crippen LogP contribution in [0.2, 0.25) is 0 Å². The van der Waals surface area contributed by atoms with E-state index in [1.165, 1.54) is 12.5 Å². The van der Waals surface area contributed by atoms with E-state index >= 15 is 0 Å². The molecule has 7 heteroatoms. The lowest BCUT2D eigenvalue weighted by molar-refractivity contribution is 0.0990. The molecule has 0 atom stereocenters. The van der Waals surface area contributed by atoms with Gasteiger partial charge in [0, 0.05) is 0 Å². The minimum Gasteiger partial charge on any atom is -0.441 e. The maximum Gasteiger partial charge on any atom is 0.311 e. The summed E-state index contributed by atoms with van der Waals surface area (Å²) < 4.78 is 4.89. The first kappa shape index (κ1) is 13.8. The van der Waals surface area contributed by atoms with E-state index in [2.05, 4.69) is 10.3 Å². The third-order valence-electron chi connectivity index (χ3n) is 2.69. The monoisotopic (exact) mass is 274 g/mol. The Morgan fingerprint density at radius 3 is 2.75 bits per heavy atom. The molecule has 1 aromatic carbocycles. The van der Waals surface area contributed by atoms with Crippen molar-refractivity contribution < 1.29 is 14.0 Å². The largest absolute Gasteiger partial charge is 0.441 e. The molecule has 20 heavy (non-hydrogen) atoms. The molecule has 2 rings (SSSR count). The van der Waals surface area contributed by atoms with E-state index in [-0.39, 0.29) is 11.5 Å². The third kappa shape index (κ3) is 2.83. The van der Waals surface area contributed by atoms with Gasteiger partial charge in [0.05, 0.1) is 17.4 Å². The quantitative estimate of drug-likeness (QED) is 0.733. The highest BCUT2D eigenvalue weighted by Crippen LogP contribution is 2.20. The van der Waals surface area contributed by atoms with Crippen molar-refractivity contribution in [1.82, 2.24) is 4.98 Å². The summed E-state index contributed by atoms with van der Waals surface area (Å²) in [6, 6.07) is 5.04. The number of hydrogen-bond donors (Lipinski definition) is 3. The van der Waals surface area contributed by atoms with E-state index in [0.717, 1.165) is 0 Å². The highest BCUT2D eigenvalue weighted by atomic mass is 16.3. The van der Waals surface area contributed by atoms with Crippen LogP contribution in [0, 0.1) is 0 Å². The van der Waals surface area contributed by atoms with Crippen LogP contribution in [0.3, 0.4) is 0 Å². The second-order valence-corrected chi connectivity index (χ2v) is 4.03. The number of carbonyl (C=O) groups excluding carboxylic acids is 2. The number of amides is 2. The Hall–Kier alpha value is -2.67. The van der Waals surface area contributed by atoms with Crippen molar-refractivity contribution >= 4 is 17.5 Å². The van der Waals surface area contributed by atoms with Gasteiger partial charge < -0.3 is 21.2 Å². The van der Waals surface area contributed by atoms with Crippen LogP contribution >= 0.6 is 0 Å². The Labute approximate surface area is 115 Å². The summed E-state index contributed by atoms with van der Waals surface area (Å²) in [6.45, 7) is 0.372. The summed E-state index contributed by atoms with van der Waals surface area (Å²) in [4.78, 5) is 27.2. The van der Waals surface area contributed by atoms with Crippen LogP contribution < -0.4 is 16.8 Å². The maximum absolute atomic E-state index is 11.9. The van der Waals surface area contributed by atoms with E-state index in [1.807, 2.05) is 0 Å². The zero-order valence-corrected chi connectivity index (χ0v) is 10.6. The Kier molecular flexibility index (Phi) is 4.11. The first-order valence-corrected chi connectivity index (χ1v) is 5.96. The van der Waals surface area contributed by atoms with Gasteiger partial charge in [-0.05, 0) is 24.6 Å². The molecule has 0 aliphatic carbocycles. The second kappa shape index (κ2) is 5.98. The molecular weight excluding hydrogens is 260 g/mol. The van der Waals surface area contributed by atoms with Gasteiger partial charge in [-0.1, -0.05) is 12.1 Å². The SMILES string of the molecule is NCCc1cccc(NC(=O)c2ncco2)c1C(N)=O. The average molecular weight is 274 g/mol. The molecule has 0 unspecified atom stereocenters. The lowest BCUT2D eigenvalue weighted by Gasteiger charge is -2.12. The fourth-order valence-electron chi connectivity index (χ4n) is 1.87. The van der Waals surface area contributed by atoms with Crippen molar-refractivity contribution in [2.45, 2.75) is 6.42 Å². The number of nitrogens with two attached hydrogens (primary N) is 2. The summed E-state index contributed by atoms with van der Waals surface area (Å²) in [5.41, 5.74) is 12.1. The molecule has 0 fully saturated rings. The lowest BCUT2D eigenvalue weighted by Crippen LogP contribution is -2.21. The van der Waals surface area contributed by atoms with Crippen molar-refractivity contribution in [2.75, 3.05) is 11.9 Å². The fourth-order valence-corrected chi connectivity index (χ4v) is 1.87. The summed E-state index contributed by atoms with van der Waals surface area (Å²) in [5.74, 6) is -1.27. The minimum atomic E-state index is -0.628. The zero-order valence-electron chi connectivity index (χ0n) is 10.6. The molecule has 104 valence electrons. The van der Waals surface area contributed by atoms with Crippen molar-refractivity contribution in [3.8, 4) is 0 Å². The molecule has 0 saturated heterocycles. The first-order valence-electron chi connectivity index (χ1n) is 5.96. The number of oxazole rings is 1. The number of nitrogens with zero attached hydrogens (tertiary/aromatic N) is 1. The van der Waals surface area contributed by atoms with Crippen molar-refractivity contribution in [3.05, 3.63) is 47.7 Å². The van der Waals surface area contributed by atoms with Crippen molar-refractivity contribution in [1.29, 1.82) is 0 Å². The van der Waals surface area contributed by atoms with Gasteiger partial charge in [0.1, 0.15) is 6.26 Å². The first-order chi connectivity index (χ1) is 9.63. The summed E-state index contributed by atoms with van der Waals surface area (Å²) in [6.07, 6.45) is 3.13. The van der Waals surface area contributed by atoms with Crippen molar-refractivity contribution in [3.63, 3.8) is 0 Å². The normalized spacial score (nSPS) is 10.2. The molecule has 0 spiro atoms. The van der Waals surface area contributed by atoms with Gasteiger partial charge >= 0.3 is 5.91 Å². The van der Waals surface area contributed by atoms with Gasteiger partial charge in [-0.15, -0.1) is 0 Å². The van der Waals surface area contributed by atoms with Crippen LogP contribution in [0.5, 0.6) is 0 Å². The molecule has 0 aliphatic heterocycles. The van der Waals surface area contributed by atoms with Crippen LogP contribution in [0.25, 0.3) is 0 Å². The standard InChI is InChI=1S/C13H14N4O3/c14-5-4-8-2-1-3-9(10(8)11(15)18)17-12(19)13-16-6-7-20-13/h1-3,6-7H,4-5,14H2,(H2,15,18)(H,17,19). The Morgan fingerprint density at radius 1 is 1.35 bits per heavy atom. The molecule has 5 N–H and O–H groups in total. The topological polar surface area (TPSA) is 124 Å². The summed E-state index contributed by atoms with van der Waals surface area (Å²) in [7, 11) is 0. The van der Waals surface area contributed by atoms with Crippen LogP contribution in [0.15, 0.2) is 35.1 Å². The van der Waals surface area contributed by atoms with E-state index in [1.54, 1.807) is 18.2 Å². The summed E-state index contributed by atoms with van der Waals surface area (Å²) >= 11 is 0. The number of aromatic nitrogens is 1. The smallest absolute Gasteiger partial charge is 0.311 e. The molecule has 2 amide bonds. The Balaban J connectivity index is 2.33. The number of primary amides is 1. The third-order valence-corrected chi connectivity index (χ3v) is 2.69. The van der Waals surface area contributed by atoms with Gasteiger partial charge in [-0.25, -0.2) is 4.98 Å². The van der Waals surface area contributed by atoms with Gasteiger partial charge in [0.25, 0.3) is 11.8 Å². The number of nitrogens with one attached hydrogen (secondary N) is 1. The average Bonchev–Trinajstić information content (AvgIpc) is 2.92. The van der Waals surface area contributed by atoms with Crippen LogP contribution in [0.1, 0.15) is 26.6 Å². The number of rotatable bonds is 5. The van der Waals surface area contributed by atoms with Crippen LogP contribution in [-0.4, -0.2) is 23.3 Å². The van der Waals surface area contributed by atoms with Crippen LogP contribution in [0.4, 0.5) is 5.69 Å². The molecule has 1 heterocycles.